The molecule has 0 aliphatic rings. The number of aromatic nitrogens is 1. The van der Waals surface area contributed by atoms with Crippen molar-refractivity contribution in [3.8, 4) is 29.3 Å². The molecule has 0 spiro atoms. The fourth-order valence-corrected chi connectivity index (χ4v) is 2.58. The summed E-state index contributed by atoms with van der Waals surface area (Å²) in [6.45, 7) is 3.08. The number of anilines is 1. The third kappa shape index (κ3) is 4.11. The first-order valence-electron chi connectivity index (χ1n) is 8.80. The number of nitrogens with zero attached hydrogens (tertiary/aromatic N) is 3. The number of benzene rings is 2. The first-order valence-corrected chi connectivity index (χ1v) is 8.80. The predicted molar refractivity (Wildman–Crippen MR) is 106 cm³/mol. The lowest BCUT2D eigenvalue weighted by Gasteiger charge is -2.17. The lowest BCUT2D eigenvalue weighted by atomic mass is 10.2. The molecule has 0 aliphatic carbocycles. The van der Waals surface area contributed by atoms with Crippen LogP contribution in [0.1, 0.15) is 16.7 Å². The maximum absolute atomic E-state index is 14.7. The van der Waals surface area contributed by atoms with Crippen molar-refractivity contribution in [2.45, 2.75) is 13.8 Å². The number of ether oxygens (including phenoxy) is 2. The normalized spacial score (nSPS) is 10.4. The Morgan fingerprint density at radius 2 is 1.55 bits per heavy atom. The molecule has 2 aromatic carbocycles. The van der Waals surface area contributed by atoms with Gasteiger partial charge in [0.1, 0.15) is 17.6 Å². The smallest absolute Gasteiger partial charge is 0.259 e. The standard InChI is InChI=1S/C22H19F2N3O2/c1-13-9-10-16(27(3)4)11-18(13)29-22-20(24)14(2)19(23)21(26-22)28-17-8-6-5-7-15(17)12-25/h5-11H,1-4H3. The molecule has 0 bridgehead atoms. The molecular formula is C22H19F2N3O2. The molecule has 1 aromatic heterocycles. The van der Waals surface area contributed by atoms with Crippen LogP contribution in [0.25, 0.3) is 0 Å². The Balaban J connectivity index is 2.03. The number of nitriles is 1. The molecule has 0 saturated carbocycles. The zero-order chi connectivity index (χ0) is 21.1. The molecule has 1 heterocycles. The van der Waals surface area contributed by atoms with Crippen LogP contribution in [0.15, 0.2) is 42.5 Å². The molecule has 0 unspecified atom stereocenters. The summed E-state index contributed by atoms with van der Waals surface area (Å²) >= 11 is 0. The highest BCUT2D eigenvalue weighted by Gasteiger charge is 2.22. The SMILES string of the molecule is Cc1ccc(N(C)C)cc1Oc1nc(Oc2ccccc2C#N)c(F)c(C)c1F. The molecule has 0 aliphatic heterocycles. The van der Waals surface area contributed by atoms with Crippen molar-refractivity contribution in [1.29, 1.82) is 5.26 Å². The summed E-state index contributed by atoms with van der Waals surface area (Å²) in [6, 6.07) is 13.7. The number of hydrogen-bond donors (Lipinski definition) is 0. The van der Waals surface area contributed by atoms with Crippen molar-refractivity contribution in [2.24, 2.45) is 0 Å². The zero-order valence-electron chi connectivity index (χ0n) is 16.5. The summed E-state index contributed by atoms with van der Waals surface area (Å²) in [5.41, 5.74) is 1.52. The van der Waals surface area contributed by atoms with Gasteiger partial charge in [0, 0.05) is 31.4 Å². The fourth-order valence-electron chi connectivity index (χ4n) is 2.58. The van der Waals surface area contributed by atoms with Gasteiger partial charge in [-0.25, -0.2) is 8.78 Å². The van der Waals surface area contributed by atoms with Gasteiger partial charge in [-0.2, -0.15) is 10.2 Å². The summed E-state index contributed by atoms with van der Waals surface area (Å²) in [7, 11) is 3.74. The Hall–Kier alpha value is -3.66. The highest BCUT2D eigenvalue weighted by atomic mass is 19.1. The minimum absolute atomic E-state index is 0.115. The molecule has 7 heteroatoms. The van der Waals surface area contributed by atoms with Crippen LogP contribution in [-0.4, -0.2) is 19.1 Å². The van der Waals surface area contributed by atoms with E-state index in [1.54, 1.807) is 18.2 Å². The van der Waals surface area contributed by atoms with Crippen molar-refractivity contribution in [2.75, 3.05) is 19.0 Å². The molecule has 0 amide bonds. The van der Waals surface area contributed by atoms with E-state index in [-0.39, 0.29) is 16.9 Å². The van der Waals surface area contributed by atoms with Gasteiger partial charge < -0.3 is 14.4 Å². The fraction of sp³-hybridized carbons (Fsp3) is 0.182. The zero-order valence-corrected chi connectivity index (χ0v) is 16.5. The second kappa shape index (κ2) is 8.15. The van der Waals surface area contributed by atoms with E-state index in [1.807, 2.05) is 44.1 Å². The van der Waals surface area contributed by atoms with E-state index in [9.17, 15) is 14.0 Å². The molecule has 5 nitrogen and oxygen atoms in total. The molecule has 29 heavy (non-hydrogen) atoms. The minimum atomic E-state index is -0.957. The molecule has 0 atom stereocenters. The molecule has 0 saturated heterocycles. The highest BCUT2D eigenvalue weighted by molar-refractivity contribution is 5.53. The van der Waals surface area contributed by atoms with E-state index in [4.69, 9.17) is 9.47 Å². The van der Waals surface area contributed by atoms with Crippen LogP contribution in [0.3, 0.4) is 0 Å². The number of aryl methyl sites for hydroxylation is 1. The van der Waals surface area contributed by atoms with Crippen molar-refractivity contribution < 1.29 is 18.3 Å². The van der Waals surface area contributed by atoms with Gasteiger partial charge in [-0.15, -0.1) is 0 Å². The molecule has 3 rings (SSSR count). The minimum Gasteiger partial charge on any atom is -0.436 e. The van der Waals surface area contributed by atoms with Gasteiger partial charge >= 0.3 is 0 Å². The van der Waals surface area contributed by atoms with Gasteiger partial charge in [0.25, 0.3) is 11.8 Å². The number of pyridine rings is 1. The molecule has 0 N–H and O–H groups in total. The van der Waals surface area contributed by atoms with Crippen LogP contribution in [0, 0.1) is 36.8 Å². The van der Waals surface area contributed by atoms with E-state index in [2.05, 4.69) is 4.98 Å². The third-order valence-electron chi connectivity index (χ3n) is 4.35. The Labute approximate surface area is 167 Å². The maximum atomic E-state index is 14.7. The van der Waals surface area contributed by atoms with Crippen LogP contribution in [0.4, 0.5) is 14.5 Å². The summed E-state index contributed by atoms with van der Waals surface area (Å²) in [6.07, 6.45) is 0. The first-order chi connectivity index (χ1) is 13.8. The Morgan fingerprint density at radius 1 is 0.931 bits per heavy atom. The van der Waals surface area contributed by atoms with E-state index in [0.29, 0.717) is 5.75 Å². The Bertz CT molecular complexity index is 1110. The van der Waals surface area contributed by atoms with Gasteiger partial charge in [0.05, 0.1) is 5.56 Å². The van der Waals surface area contributed by atoms with E-state index in [1.165, 1.54) is 19.1 Å². The summed E-state index contributed by atoms with van der Waals surface area (Å²) in [4.78, 5) is 5.77. The second-order valence-corrected chi connectivity index (χ2v) is 6.63. The van der Waals surface area contributed by atoms with E-state index < -0.39 is 23.4 Å². The van der Waals surface area contributed by atoms with Crippen LogP contribution >= 0.6 is 0 Å². The monoisotopic (exact) mass is 395 g/mol. The van der Waals surface area contributed by atoms with Crippen molar-refractivity contribution in [3.63, 3.8) is 0 Å². The molecular weight excluding hydrogens is 376 g/mol. The predicted octanol–water partition coefficient (Wildman–Crippen LogP) is 5.50. The summed E-state index contributed by atoms with van der Waals surface area (Å²) < 4.78 is 40.4. The van der Waals surface area contributed by atoms with Crippen molar-refractivity contribution in [1.82, 2.24) is 4.98 Å². The number of rotatable bonds is 5. The van der Waals surface area contributed by atoms with Gasteiger partial charge in [0.15, 0.2) is 11.6 Å². The average Bonchev–Trinajstić information content (AvgIpc) is 2.71. The Morgan fingerprint density at radius 3 is 2.17 bits per heavy atom. The maximum Gasteiger partial charge on any atom is 0.259 e. The lowest BCUT2D eigenvalue weighted by molar-refractivity contribution is 0.371. The average molecular weight is 395 g/mol. The first kappa shape index (κ1) is 20.1. The van der Waals surface area contributed by atoms with Crippen LogP contribution in [0.5, 0.6) is 23.3 Å². The lowest BCUT2D eigenvalue weighted by Crippen LogP contribution is -2.09. The van der Waals surface area contributed by atoms with Crippen LogP contribution in [0.2, 0.25) is 0 Å². The summed E-state index contributed by atoms with van der Waals surface area (Å²) in [5, 5.41) is 9.18. The molecule has 3 aromatic rings. The van der Waals surface area contributed by atoms with Crippen LogP contribution in [-0.2, 0) is 0 Å². The van der Waals surface area contributed by atoms with E-state index >= 15 is 0 Å². The largest absolute Gasteiger partial charge is 0.436 e. The highest BCUT2D eigenvalue weighted by Crippen LogP contribution is 2.35. The topological polar surface area (TPSA) is 58.4 Å². The van der Waals surface area contributed by atoms with Gasteiger partial charge in [-0.1, -0.05) is 18.2 Å². The summed E-state index contributed by atoms with van der Waals surface area (Å²) in [5.74, 6) is -2.25. The number of hydrogen-bond acceptors (Lipinski definition) is 5. The van der Waals surface area contributed by atoms with Gasteiger partial charge in [0.2, 0.25) is 0 Å². The van der Waals surface area contributed by atoms with Gasteiger partial charge in [-0.05, 0) is 37.6 Å². The third-order valence-corrected chi connectivity index (χ3v) is 4.35. The van der Waals surface area contributed by atoms with Crippen molar-refractivity contribution >= 4 is 5.69 Å². The molecule has 148 valence electrons. The second-order valence-electron chi connectivity index (χ2n) is 6.63. The van der Waals surface area contributed by atoms with E-state index in [0.717, 1.165) is 11.3 Å². The molecule has 0 fully saturated rings. The quantitative estimate of drug-likeness (QED) is 0.571. The number of para-hydroxylation sites is 1. The van der Waals surface area contributed by atoms with Gasteiger partial charge in [-0.3, -0.25) is 0 Å². The molecule has 0 radical (unpaired) electrons. The van der Waals surface area contributed by atoms with Crippen molar-refractivity contribution in [3.05, 3.63) is 70.8 Å². The Kier molecular flexibility index (Phi) is 5.64. The number of halogens is 2. The van der Waals surface area contributed by atoms with Crippen LogP contribution < -0.4 is 14.4 Å².